The van der Waals surface area contributed by atoms with Crippen molar-refractivity contribution in [3.8, 4) is 0 Å². The third-order valence-electron chi connectivity index (χ3n) is 6.07. The lowest BCUT2D eigenvalue weighted by molar-refractivity contribution is 1.01. The van der Waals surface area contributed by atoms with E-state index in [-0.39, 0.29) is 0 Å². The standard InChI is InChI=1S/C28H26N2S2.C2H4/c1-19-7-8-24(27(31)15-19)17-29-25-11-9-21(10-12-25)20(2)30-18-28-23(13-14-32-28)16-22-5-3-4-6-26(22)30;1-2/h3-15,29,31H,2,16-18H2,1H3;1-2H2. The van der Waals surface area contributed by atoms with Crippen LogP contribution in [0, 0.1) is 6.92 Å². The fraction of sp³-hybridized carbons (Fsp3) is 0.133. The molecule has 0 bridgehead atoms. The predicted molar refractivity (Wildman–Crippen MR) is 152 cm³/mol. The largest absolute Gasteiger partial charge is 0.381 e. The van der Waals surface area contributed by atoms with Gasteiger partial charge in [0.1, 0.15) is 0 Å². The number of hydrogen-bond acceptors (Lipinski definition) is 4. The highest BCUT2D eigenvalue weighted by Gasteiger charge is 2.22. The van der Waals surface area contributed by atoms with Gasteiger partial charge in [-0.2, -0.15) is 0 Å². The molecule has 1 aromatic heterocycles. The number of benzene rings is 3. The Hall–Kier alpha value is -3.21. The van der Waals surface area contributed by atoms with Gasteiger partial charge in [0.2, 0.25) is 0 Å². The van der Waals surface area contributed by atoms with E-state index in [4.69, 9.17) is 0 Å². The molecule has 0 atom stereocenters. The van der Waals surface area contributed by atoms with Gasteiger partial charge in [-0.15, -0.1) is 37.1 Å². The van der Waals surface area contributed by atoms with Crippen LogP contribution in [0.3, 0.4) is 0 Å². The minimum Gasteiger partial charge on any atom is -0.381 e. The molecule has 3 aromatic carbocycles. The summed E-state index contributed by atoms with van der Waals surface area (Å²) >= 11 is 6.44. The molecule has 4 aromatic rings. The van der Waals surface area contributed by atoms with Gasteiger partial charge in [0, 0.05) is 39.8 Å². The topological polar surface area (TPSA) is 15.3 Å². The van der Waals surface area contributed by atoms with Crippen LogP contribution in [0.5, 0.6) is 0 Å². The second kappa shape index (κ2) is 10.8. The van der Waals surface area contributed by atoms with Gasteiger partial charge in [-0.05, 0) is 64.9 Å². The minimum absolute atomic E-state index is 0.750. The van der Waals surface area contributed by atoms with E-state index in [0.29, 0.717) is 0 Å². The summed E-state index contributed by atoms with van der Waals surface area (Å²) in [5, 5.41) is 5.71. The van der Waals surface area contributed by atoms with Crippen LogP contribution in [-0.4, -0.2) is 0 Å². The van der Waals surface area contributed by atoms with E-state index >= 15 is 0 Å². The van der Waals surface area contributed by atoms with Crippen molar-refractivity contribution in [2.24, 2.45) is 0 Å². The summed E-state index contributed by atoms with van der Waals surface area (Å²) < 4.78 is 0. The first-order chi connectivity index (χ1) is 16.6. The molecule has 1 aliphatic rings. The molecule has 0 aliphatic carbocycles. The van der Waals surface area contributed by atoms with E-state index in [0.717, 1.165) is 41.4 Å². The summed E-state index contributed by atoms with van der Waals surface area (Å²) in [4.78, 5) is 4.80. The highest BCUT2D eigenvalue weighted by atomic mass is 32.1. The maximum Gasteiger partial charge on any atom is 0.0578 e. The predicted octanol–water partition coefficient (Wildman–Crippen LogP) is 8.34. The van der Waals surface area contributed by atoms with Gasteiger partial charge in [0.25, 0.3) is 0 Å². The van der Waals surface area contributed by atoms with Crippen LogP contribution in [0.25, 0.3) is 5.70 Å². The molecule has 1 N–H and O–H groups in total. The number of thiol groups is 1. The maximum absolute atomic E-state index is 4.61. The number of anilines is 2. The van der Waals surface area contributed by atoms with E-state index in [2.05, 4.69) is 128 Å². The number of hydrogen-bond donors (Lipinski definition) is 2. The summed E-state index contributed by atoms with van der Waals surface area (Å²) in [6.45, 7) is 14.2. The van der Waals surface area contributed by atoms with Crippen LogP contribution < -0.4 is 10.2 Å². The molecule has 34 heavy (non-hydrogen) atoms. The number of thiophene rings is 1. The van der Waals surface area contributed by atoms with Crippen LogP contribution in [0.2, 0.25) is 0 Å². The van der Waals surface area contributed by atoms with E-state index in [9.17, 15) is 0 Å². The van der Waals surface area contributed by atoms with Crippen LogP contribution >= 0.6 is 24.0 Å². The zero-order valence-corrected chi connectivity index (χ0v) is 21.3. The Morgan fingerprint density at radius 1 is 1.00 bits per heavy atom. The number of nitrogens with zero attached hydrogens (tertiary/aromatic N) is 1. The zero-order valence-electron chi connectivity index (χ0n) is 19.6. The van der Waals surface area contributed by atoms with E-state index in [1.807, 2.05) is 11.3 Å². The molecule has 2 heterocycles. The Balaban J connectivity index is 0.00000133. The molecule has 0 radical (unpaired) electrons. The maximum atomic E-state index is 4.61. The molecule has 0 saturated heterocycles. The van der Waals surface area contributed by atoms with Gasteiger partial charge < -0.3 is 10.2 Å². The van der Waals surface area contributed by atoms with Crippen molar-refractivity contribution in [2.75, 3.05) is 10.2 Å². The quantitative estimate of drug-likeness (QED) is 0.219. The first-order valence-corrected chi connectivity index (χ1v) is 12.6. The molecular weight excluding hydrogens is 452 g/mol. The Labute approximate surface area is 212 Å². The second-order valence-corrected chi connectivity index (χ2v) is 9.75. The minimum atomic E-state index is 0.750. The van der Waals surface area contributed by atoms with Crippen molar-refractivity contribution in [1.29, 1.82) is 0 Å². The Morgan fingerprint density at radius 3 is 2.53 bits per heavy atom. The number of aryl methyl sites for hydroxylation is 1. The van der Waals surface area contributed by atoms with E-state index < -0.39 is 0 Å². The van der Waals surface area contributed by atoms with Crippen LogP contribution in [0.1, 0.15) is 32.7 Å². The smallest absolute Gasteiger partial charge is 0.0578 e. The first-order valence-electron chi connectivity index (χ1n) is 11.3. The van der Waals surface area contributed by atoms with Crippen molar-refractivity contribution >= 4 is 41.0 Å². The lowest BCUT2D eigenvalue weighted by atomic mass is 10.0. The first kappa shape index (κ1) is 23.9. The summed E-state index contributed by atoms with van der Waals surface area (Å²) in [6, 6.07) is 25.9. The molecule has 0 unspecified atom stereocenters. The average molecular weight is 483 g/mol. The van der Waals surface area contributed by atoms with Crippen molar-refractivity contribution in [2.45, 2.75) is 31.3 Å². The zero-order chi connectivity index (χ0) is 24.1. The number of para-hydroxylation sites is 1. The number of rotatable bonds is 5. The summed E-state index contributed by atoms with van der Waals surface area (Å²) in [5.74, 6) is 0. The normalized spacial score (nSPS) is 12.0. The molecule has 0 fully saturated rings. The van der Waals surface area contributed by atoms with Crippen molar-refractivity contribution < 1.29 is 0 Å². The molecule has 1 aliphatic heterocycles. The average Bonchev–Trinajstić information content (AvgIpc) is 3.23. The molecule has 172 valence electrons. The third-order valence-corrected chi connectivity index (χ3v) is 7.43. The lowest BCUT2D eigenvalue weighted by Gasteiger charge is -2.27. The summed E-state index contributed by atoms with van der Waals surface area (Å²) in [6.07, 6.45) is 0.980. The van der Waals surface area contributed by atoms with E-state index in [1.165, 1.54) is 32.8 Å². The molecule has 5 rings (SSSR count). The van der Waals surface area contributed by atoms with Crippen LogP contribution in [0.4, 0.5) is 11.4 Å². The fourth-order valence-corrected chi connectivity index (χ4v) is 5.47. The van der Waals surface area contributed by atoms with Gasteiger partial charge in [0.15, 0.2) is 0 Å². The molecule has 0 spiro atoms. The summed E-state index contributed by atoms with van der Waals surface area (Å²) in [7, 11) is 0. The molecule has 0 amide bonds. The van der Waals surface area contributed by atoms with E-state index in [1.54, 1.807) is 0 Å². The molecule has 4 heteroatoms. The lowest BCUT2D eigenvalue weighted by Crippen LogP contribution is -2.20. The Bertz CT molecular complexity index is 1290. The van der Waals surface area contributed by atoms with Gasteiger partial charge in [0.05, 0.1) is 6.54 Å². The Morgan fingerprint density at radius 2 is 1.76 bits per heavy atom. The van der Waals surface area contributed by atoms with Gasteiger partial charge >= 0.3 is 0 Å². The summed E-state index contributed by atoms with van der Waals surface area (Å²) in [5.41, 5.74) is 9.71. The fourth-order valence-electron chi connectivity index (χ4n) is 4.22. The van der Waals surface area contributed by atoms with Crippen molar-refractivity contribution in [1.82, 2.24) is 0 Å². The second-order valence-electron chi connectivity index (χ2n) is 8.27. The molecule has 2 nitrogen and oxygen atoms in total. The monoisotopic (exact) mass is 482 g/mol. The number of nitrogens with one attached hydrogen (secondary N) is 1. The molecule has 0 saturated carbocycles. The van der Waals surface area contributed by atoms with Crippen LogP contribution in [-0.2, 0) is 19.5 Å². The SMILES string of the molecule is C=C.C=C(c1ccc(NCc2ccc(C)cc2S)cc1)N1Cc2sccc2Cc2ccccc21. The van der Waals surface area contributed by atoms with Crippen molar-refractivity contribution in [3.05, 3.63) is 131 Å². The van der Waals surface area contributed by atoms with Gasteiger partial charge in [-0.25, -0.2) is 0 Å². The Kier molecular flexibility index (Phi) is 7.61. The molecular formula is C30H30N2S2. The highest BCUT2D eigenvalue weighted by molar-refractivity contribution is 7.80. The van der Waals surface area contributed by atoms with Gasteiger partial charge in [-0.1, -0.05) is 54.6 Å². The third kappa shape index (κ3) is 5.14. The number of fused-ring (bicyclic) bond motifs is 2. The van der Waals surface area contributed by atoms with Crippen LogP contribution in [0.15, 0.2) is 103 Å². The van der Waals surface area contributed by atoms with Gasteiger partial charge in [-0.3, -0.25) is 0 Å². The highest BCUT2D eigenvalue weighted by Crippen LogP contribution is 2.37. The van der Waals surface area contributed by atoms with Crippen molar-refractivity contribution in [3.63, 3.8) is 0 Å².